The highest BCUT2D eigenvalue weighted by atomic mass is 35.5. The summed E-state index contributed by atoms with van der Waals surface area (Å²) < 4.78 is 16.1. The number of hydrogen-bond acceptors (Lipinski definition) is 2. The van der Waals surface area contributed by atoms with E-state index in [1.807, 2.05) is 0 Å². The Kier molecular flexibility index (Phi) is 12.2. The van der Waals surface area contributed by atoms with E-state index in [9.17, 15) is 0 Å². The highest BCUT2D eigenvalue weighted by Gasteiger charge is 2.38. The lowest BCUT2D eigenvalue weighted by Gasteiger charge is -2.29. The van der Waals surface area contributed by atoms with Gasteiger partial charge in [0.15, 0.2) is 22.5 Å². The molecule has 2 aliphatic heterocycles. The Bertz CT molecular complexity index is 1130. The number of ether oxygens (including phenoxy) is 2. The molecule has 0 saturated heterocycles. The standard InChI is InChI=1S/C34H50N2O2.2ClH/c1-33(2)23-25-21-27(37-7)17-19-29(25)31(35(33)5)15-13-11-9-10-12-14-16-32-30-20-18-28(38-8)22-26(30)24-34(3,4)36(32)6;;/h17-22H,9-16,23-24H2,1-8H3;2*1H/q+2;;/p-2. The smallest absolute Gasteiger partial charge is 0.183 e. The molecule has 40 heavy (non-hydrogen) atoms. The largest absolute Gasteiger partial charge is 1.00 e. The molecule has 0 radical (unpaired) electrons. The minimum absolute atomic E-state index is 0. The Labute approximate surface area is 255 Å². The van der Waals surface area contributed by atoms with E-state index in [2.05, 4.69) is 87.3 Å². The number of hydrogen-bond donors (Lipinski definition) is 0. The number of nitrogens with zero attached hydrogens (tertiary/aromatic N) is 2. The minimum atomic E-state index is 0. The number of rotatable bonds is 11. The van der Waals surface area contributed by atoms with Crippen LogP contribution in [0.4, 0.5) is 0 Å². The topological polar surface area (TPSA) is 24.5 Å². The third-order valence-electron chi connectivity index (χ3n) is 9.20. The number of halogens is 2. The third-order valence-corrected chi connectivity index (χ3v) is 9.20. The fourth-order valence-electron chi connectivity index (χ4n) is 6.41. The first kappa shape index (κ1) is 34.2. The molecule has 2 heterocycles. The van der Waals surface area contributed by atoms with Crippen molar-refractivity contribution in [2.45, 2.75) is 103 Å². The predicted molar refractivity (Wildman–Crippen MR) is 159 cm³/mol. The Morgan fingerprint density at radius 3 is 1.30 bits per heavy atom. The van der Waals surface area contributed by atoms with Gasteiger partial charge in [-0.15, -0.1) is 0 Å². The summed E-state index contributed by atoms with van der Waals surface area (Å²) in [6.07, 6.45) is 12.2. The van der Waals surface area contributed by atoms with Crippen molar-refractivity contribution in [3.63, 3.8) is 0 Å². The first-order chi connectivity index (χ1) is 18.1. The van der Waals surface area contributed by atoms with Crippen LogP contribution in [0, 0.1) is 0 Å². The summed E-state index contributed by atoms with van der Waals surface area (Å²) in [6.45, 7) is 9.42. The van der Waals surface area contributed by atoms with Crippen molar-refractivity contribution >= 4 is 11.4 Å². The summed E-state index contributed by atoms with van der Waals surface area (Å²) >= 11 is 0. The molecule has 0 aliphatic carbocycles. The predicted octanol–water partition coefficient (Wildman–Crippen LogP) is 1.07. The molecule has 6 heteroatoms. The minimum Gasteiger partial charge on any atom is -1.00 e. The average Bonchev–Trinajstić information content (AvgIpc) is 2.88. The maximum absolute atomic E-state index is 5.51. The van der Waals surface area contributed by atoms with Crippen molar-refractivity contribution in [1.29, 1.82) is 0 Å². The van der Waals surface area contributed by atoms with Gasteiger partial charge in [0, 0.05) is 64.5 Å². The Hall–Kier alpha value is -2.04. The van der Waals surface area contributed by atoms with Gasteiger partial charge in [-0.05, 0) is 60.4 Å². The molecule has 0 amide bonds. The van der Waals surface area contributed by atoms with Crippen molar-refractivity contribution in [2.24, 2.45) is 0 Å². The first-order valence-corrected chi connectivity index (χ1v) is 14.6. The Balaban J connectivity index is 0.00000280. The zero-order valence-electron chi connectivity index (χ0n) is 26.0. The van der Waals surface area contributed by atoms with Crippen molar-refractivity contribution < 1.29 is 43.4 Å². The molecule has 222 valence electrons. The number of unbranched alkanes of at least 4 members (excludes halogenated alkanes) is 5. The van der Waals surface area contributed by atoms with Crippen LogP contribution in [-0.4, -0.2) is 60.0 Å². The quantitative estimate of drug-likeness (QED) is 0.290. The lowest BCUT2D eigenvalue weighted by molar-refractivity contribution is -0.577. The lowest BCUT2D eigenvalue weighted by Crippen LogP contribution is -3.00. The third kappa shape index (κ3) is 7.42. The second-order valence-electron chi connectivity index (χ2n) is 12.7. The van der Waals surface area contributed by atoms with E-state index in [0.717, 1.165) is 37.2 Å². The lowest BCUT2D eigenvalue weighted by atomic mass is 9.84. The summed E-state index contributed by atoms with van der Waals surface area (Å²) in [7, 11) is 8.07. The molecule has 0 fully saturated rings. The summed E-state index contributed by atoms with van der Waals surface area (Å²) in [5.74, 6) is 1.93. The van der Waals surface area contributed by atoms with Crippen molar-refractivity contribution in [3.8, 4) is 11.5 Å². The summed E-state index contributed by atoms with van der Waals surface area (Å²) in [4.78, 5) is 0. The summed E-state index contributed by atoms with van der Waals surface area (Å²) in [5.41, 5.74) is 8.95. The molecular formula is C34H50Cl2N2O2. The maximum Gasteiger partial charge on any atom is 0.183 e. The molecule has 0 unspecified atom stereocenters. The van der Waals surface area contributed by atoms with Crippen LogP contribution < -0.4 is 34.3 Å². The van der Waals surface area contributed by atoms with Crippen molar-refractivity contribution in [2.75, 3.05) is 28.3 Å². The second kappa shape index (κ2) is 14.2. The summed E-state index contributed by atoms with van der Waals surface area (Å²) in [6, 6.07) is 13.2. The molecule has 2 aromatic rings. The van der Waals surface area contributed by atoms with Gasteiger partial charge in [0.1, 0.15) is 25.6 Å². The van der Waals surface area contributed by atoms with Crippen LogP contribution in [0.2, 0.25) is 0 Å². The van der Waals surface area contributed by atoms with Gasteiger partial charge >= 0.3 is 0 Å². The Morgan fingerprint density at radius 1 is 0.600 bits per heavy atom. The van der Waals surface area contributed by atoms with Gasteiger partial charge < -0.3 is 34.3 Å². The van der Waals surface area contributed by atoms with Gasteiger partial charge in [0.25, 0.3) is 0 Å². The van der Waals surface area contributed by atoms with Gasteiger partial charge in [0.05, 0.1) is 14.2 Å². The SMILES string of the molecule is COc1ccc2c(c1)CC(C)(C)[N+](C)=C2CCCCCCCCC1=[N+](C)C(C)(C)Cc2cc(OC)ccc21.[Cl-].[Cl-]. The maximum atomic E-state index is 5.51. The molecular weight excluding hydrogens is 539 g/mol. The van der Waals surface area contributed by atoms with Crippen LogP contribution >= 0.6 is 0 Å². The van der Waals surface area contributed by atoms with Gasteiger partial charge in [-0.2, -0.15) is 0 Å². The van der Waals surface area contributed by atoms with Gasteiger partial charge in [-0.1, -0.05) is 25.7 Å². The monoisotopic (exact) mass is 588 g/mol. The first-order valence-electron chi connectivity index (χ1n) is 14.6. The van der Waals surface area contributed by atoms with E-state index >= 15 is 0 Å². The summed E-state index contributed by atoms with van der Waals surface area (Å²) in [5, 5.41) is 0. The zero-order chi connectivity index (χ0) is 27.5. The van der Waals surface area contributed by atoms with E-state index in [1.54, 1.807) is 14.2 Å². The normalized spacial score (nSPS) is 16.9. The van der Waals surface area contributed by atoms with Crippen LogP contribution in [0.1, 0.15) is 101 Å². The van der Waals surface area contributed by atoms with Crippen LogP contribution in [0.15, 0.2) is 36.4 Å². The van der Waals surface area contributed by atoms with Crippen LogP contribution in [-0.2, 0) is 12.8 Å². The fraction of sp³-hybridized carbons (Fsp3) is 0.588. The van der Waals surface area contributed by atoms with Crippen LogP contribution in [0.3, 0.4) is 0 Å². The van der Waals surface area contributed by atoms with E-state index in [1.165, 1.54) is 72.2 Å². The molecule has 0 aromatic heterocycles. The number of likely N-dealkylation sites (N-methyl/N-ethyl adjacent to an activating group) is 2. The number of methoxy groups -OCH3 is 2. The van der Waals surface area contributed by atoms with E-state index in [-0.39, 0.29) is 35.9 Å². The molecule has 4 rings (SSSR count). The molecule has 2 aromatic carbocycles. The Morgan fingerprint density at radius 2 is 0.950 bits per heavy atom. The second-order valence-corrected chi connectivity index (χ2v) is 12.7. The fourth-order valence-corrected chi connectivity index (χ4v) is 6.41. The van der Waals surface area contributed by atoms with E-state index in [0.29, 0.717) is 0 Å². The zero-order valence-corrected chi connectivity index (χ0v) is 27.5. The molecule has 2 aliphatic rings. The van der Waals surface area contributed by atoms with Gasteiger partial charge in [-0.3, -0.25) is 0 Å². The van der Waals surface area contributed by atoms with E-state index < -0.39 is 0 Å². The van der Waals surface area contributed by atoms with Crippen LogP contribution in [0.5, 0.6) is 11.5 Å². The molecule has 4 nitrogen and oxygen atoms in total. The number of fused-ring (bicyclic) bond motifs is 2. The molecule has 0 spiro atoms. The molecule has 0 bridgehead atoms. The van der Waals surface area contributed by atoms with E-state index in [4.69, 9.17) is 9.47 Å². The number of benzene rings is 2. The van der Waals surface area contributed by atoms with Crippen molar-refractivity contribution in [3.05, 3.63) is 58.7 Å². The van der Waals surface area contributed by atoms with Gasteiger partial charge in [0.2, 0.25) is 0 Å². The highest BCUT2D eigenvalue weighted by Crippen LogP contribution is 2.32. The molecule has 0 N–H and O–H groups in total. The molecule has 0 saturated carbocycles. The highest BCUT2D eigenvalue weighted by molar-refractivity contribution is 5.99. The van der Waals surface area contributed by atoms with Gasteiger partial charge in [-0.25, -0.2) is 9.15 Å². The van der Waals surface area contributed by atoms with Crippen molar-refractivity contribution in [1.82, 2.24) is 0 Å². The average molecular weight is 590 g/mol. The molecule has 0 atom stereocenters. The van der Waals surface area contributed by atoms with Crippen LogP contribution in [0.25, 0.3) is 0 Å².